The van der Waals surface area contributed by atoms with E-state index in [2.05, 4.69) is 43.1 Å². The highest BCUT2D eigenvalue weighted by Gasteiger charge is 2.13. The highest BCUT2D eigenvalue weighted by molar-refractivity contribution is 5.96. The number of rotatable bonds is 6. The number of hydrogen-bond acceptors (Lipinski definition) is 3. The van der Waals surface area contributed by atoms with Crippen LogP contribution in [0, 0.1) is 5.92 Å². The molecule has 0 aliphatic rings. The van der Waals surface area contributed by atoms with Crippen LogP contribution < -0.4 is 5.32 Å². The fourth-order valence-electron chi connectivity index (χ4n) is 2.40. The fourth-order valence-corrected chi connectivity index (χ4v) is 2.40. The van der Waals surface area contributed by atoms with Crippen LogP contribution in [0.15, 0.2) is 18.5 Å². The number of fused-ring (bicyclic) bond motifs is 1. The van der Waals surface area contributed by atoms with E-state index in [1.807, 2.05) is 17.7 Å². The molecule has 0 unspecified atom stereocenters. The Bertz CT molecular complexity index is 645. The first kappa shape index (κ1) is 16.5. The molecule has 2 aromatic rings. The molecule has 0 aliphatic carbocycles. The van der Waals surface area contributed by atoms with E-state index in [4.69, 9.17) is 0 Å². The lowest BCUT2D eigenvalue weighted by molar-refractivity contribution is 0.0937. The minimum Gasteiger partial charge on any atom is -0.350 e. The standard InChI is InChI=1S/C17H26N4O/c1-11(2)6-7-13(5)20-17(22)15-8-14-10-19-21(12(3)4)16(14)18-9-15/h8-13H,6-7H2,1-5H3,(H,20,22)/t13-/m1/s1. The first-order valence-corrected chi connectivity index (χ1v) is 8.02. The summed E-state index contributed by atoms with van der Waals surface area (Å²) >= 11 is 0. The van der Waals surface area contributed by atoms with Gasteiger partial charge in [-0.05, 0) is 45.6 Å². The Kier molecular flexibility index (Phi) is 5.16. The molecule has 0 radical (unpaired) electrons. The average Bonchev–Trinajstić information content (AvgIpc) is 2.88. The zero-order valence-corrected chi connectivity index (χ0v) is 14.1. The first-order chi connectivity index (χ1) is 10.4. The van der Waals surface area contributed by atoms with Crippen LogP contribution in [-0.4, -0.2) is 26.7 Å². The third-order valence-corrected chi connectivity index (χ3v) is 3.74. The van der Waals surface area contributed by atoms with Crippen LogP contribution in [0.25, 0.3) is 11.0 Å². The van der Waals surface area contributed by atoms with Crippen LogP contribution in [0.5, 0.6) is 0 Å². The van der Waals surface area contributed by atoms with Crippen molar-refractivity contribution in [2.75, 3.05) is 0 Å². The number of aromatic nitrogens is 3. The van der Waals surface area contributed by atoms with E-state index >= 15 is 0 Å². The van der Waals surface area contributed by atoms with Gasteiger partial charge in [-0.15, -0.1) is 0 Å². The monoisotopic (exact) mass is 302 g/mol. The normalized spacial score (nSPS) is 13.0. The first-order valence-electron chi connectivity index (χ1n) is 8.02. The SMILES string of the molecule is CC(C)CC[C@@H](C)NC(=O)c1cnc2c(cnn2C(C)C)c1. The van der Waals surface area contributed by atoms with Crippen LogP contribution >= 0.6 is 0 Å². The van der Waals surface area contributed by atoms with Gasteiger partial charge in [0, 0.05) is 23.7 Å². The molecule has 1 N–H and O–H groups in total. The summed E-state index contributed by atoms with van der Waals surface area (Å²) in [6.07, 6.45) is 5.50. The van der Waals surface area contributed by atoms with Crippen molar-refractivity contribution < 1.29 is 4.79 Å². The summed E-state index contributed by atoms with van der Waals surface area (Å²) in [5.41, 5.74) is 1.41. The topological polar surface area (TPSA) is 59.8 Å². The van der Waals surface area contributed by atoms with Crippen LogP contribution in [0.3, 0.4) is 0 Å². The Morgan fingerprint density at radius 2 is 1.91 bits per heavy atom. The molecule has 0 aromatic carbocycles. The summed E-state index contributed by atoms with van der Waals surface area (Å²) in [6.45, 7) is 10.6. The van der Waals surface area contributed by atoms with E-state index in [9.17, 15) is 4.79 Å². The van der Waals surface area contributed by atoms with Gasteiger partial charge in [0.1, 0.15) is 0 Å². The molecule has 2 aromatic heterocycles. The van der Waals surface area contributed by atoms with Gasteiger partial charge in [0.2, 0.25) is 0 Å². The largest absolute Gasteiger partial charge is 0.350 e. The molecule has 0 saturated heterocycles. The van der Waals surface area contributed by atoms with Gasteiger partial charge in [-0.25, -0.2) is 9.67 Å². The van der Waals surface area contributed by atoms with Crippen molar-refractivity contribution in [3.8, 4) is 0 Å². The van der Waals surface area contributed by atoms with Crippen molar-refractivity contribution in [2.24, 2.45) is 5.92 Å². The predicted octanol–water partition coefficient (Wildman–Crippen LogP) is 3.57. The van der Waals surface area contributed by atoms with Crippen molar-refractivity contribution in [3.63, 3.8) is 0 Å². The molecule has 0 spiro atoms. The molecule has 0 fully saturated rings. The second-order valence-electron chi connectivity index (χ2n) is 6.67. The van der Waals surface area contributed by atoms with Crippen molar-refractivity contribution in [1.29, 1.82) is 0 Å². The molecule has 1 amide bonds. The second kappa shape index (κ2) is 6.90. The van der Waals surface area contributed by atoms with Crippen molar-refractivity contribution >= 4 is 16.9 Å². The molecule has 5 heteroatoms. The molecule has 22 heavy (non-hydrogen) atoms. The van der Waals surface area contributed by atoms with E-state index in [0.29, 0.717) is 11.5 Å². The summed E-state index contributed by atoms with van der Waals surface area (Å²) in [7, 11) is 0. The van der Waals surface area contributed by atoms with Gasteiger partial charge >= 0.3 is 0 Å². The van der Waals surface area contributed by atoms with Crippen molar-refractivity contribution in [2.45, 2.75) is 59.5 Å². The molecule has 0 saturated carbocycles. The van der Waals surface area contributed by atoms with Gasteiger partial charge in [0.15, 0.2) is 5.65 Å². The number of amides is 1. The quantitative estimate of drug-likeness (QED) is 0.887. The maximum atomic E-state index is 12.3. The Morgan fingerprint density at radius 1 is 1.18 bits per heavy atom. The smallest absolute Gasteiger partial charge is 0.253 e. The summed E-state index contributed by atoms with van der Waals surface area (Å²) < 4.78 is 1.86. The summed E-state index contributed by atoms with van der Waals surface area (Å²) in [4.78, 5) is 16.7. The summed E-state index contributed by atoms with van der Waals surface area (Å²) in [5, 5.41) is 8.27. The highest BCUT2D eigenvalue weighted by Crippen LogP contribution is 2.17. The van der Waals surface area contributed by atoms with Crippen LogP contribution in [-0.2, 0) is 0 Å². The number of carbonyl (C=O) groups is 1. The molecule has 5 nitrogen and oxygen atoms in total. The van der Waals surface area contributed by atoms with E-state index in [1.54, 1.807) is 12.4 Å². The van der Waals surface area contributed by atoms with E-state index in [-0.39, 0.29) is 18.0 Å². The number of hydrogen-bond donors (Lipinski definition) is 1. The second-order valence-corrected chi connectivity index (χ2v) is 6.67. The minimum absolute atomic E-state index is 0.0667. The van der Waals surface area contributed by atoms with Crippen LogP contribution in [0.2, 0.25) is 0 Å². The summed E-state index contributed by atoms with van der Waals surface area (Å²) in [5.74, 6) is 0.585. The average molecular weight is 302 g/mol. The van der Waals surface area contributed by atoms with E-state index < -0.39 is 0 Å². The lowest BCUT2D eigenvalue weighted by Crippen LogP contribution is -2.32. The van der Waals surface area contributed by atoms with Gasteiger partial charge in [-0.3, -0.25) is 4.79 Å². The van der Waals surface area contributed by atoms with E-state index in [1.165, 1.54) is 0 Å². The predicted molar refractivity (Wildman–Crippen MR) is 88.9 cm³/mol. The minimum atomic E-state index is -0.0667. The zero-order valence-electron chi connectivity index (χ0n) is 14.1. The molecular weight excluding hydrogens is 276 g/mol. The van der Waals surface area contributed by atoms with Gasteiger partial charge in [0.05, 0.1) is 11.8 Å². The molecule has 1 atom stereocenters. The number of nitrogens with zero attached hydrogens (tertiary/aromatic N) is 3. The highest BCUT2D eigenvalue weighted by atomic mass is 16.1. The maximum Gasteiger partial charge on any atom is 0.253 e. The number of nitrogens with one attached hydrogen (secondary N) is 1. The third-order valence-electron chi connectivity index (χ3n) is 3.74. The van der Waals surface area contributed by atoms with Crippen LogP contribution in [0.1, 0.15) is 63.9 Å². The number of pyridine rings is 1. The Labute approximate surface area is 132 Å². The summed E-state index contributed by atoms with van der Waals surface area (Å²) in [6, 6.07) is 2.28. The van der Waals surface area contributed by atoms with Gasteiger partial charge in [-0.2, -0.15) is 5.10 Å². The van der Waals surface area contributed by atoms with Crippen LogP contribution in [0.4, 0.5) is 0 Å². The Hall–Kier alpha value is -1.91. The molecule has 2 rings (SSSR count). The van der Waals surface area contributed by atoms with Crippen molar-refractivity contribution in [3.05, 3.63) is 24.0 Å². The lowest BCUT2D eigenvalue weighted by atomic mass is 10.0. The van der Waals surface area contributed by atoms with Gasteiger partial charge < -0.3 is 5.32 Å². The van der Waals surface area contributed by atoms with Gasteiger partial charge in [0.25, 0.3) is 5.91 Å². The third kappa shape index (κ3) is 3.84. The number of carbonyl (C=O) groups excluding carboxylic acids is 1. The fraction of sp³-hybridized carbons (Fsp3) is 0.588. The molecule has 2 heterocycles. The Balaban J connectivity index is 2.09. The zero-order chi connectivity index (χ0) is 16.3. The molecular formula is C17H26N4O. The maximum absolute atomic E-state index is 12.3. The Morgan fingerprint density at radius 3 is 2.55 bits per heavy atom. The lowest BCUT2D eigenvalue weighted by Gasteiger charge is -2.15. The molecule has 0 bridgehead atoms. The molecule has 0 aliphatic heterocycles. The van der Waals surface area contributed by atoms with Gasteiger partial charge in [-0.1, -0.05) is 13.8 Å². The van der Waals surface area contributed by atoms with Crippen molar-refractivity contribution in [1.82, 2.24) is 20.1 Å². The van der Waals surface area contributed by atoms with E-state index in [0.717, 1.165) is 23.9 Å². The molecule has 120 valence electrons.